The van der Waals surface area contributed by atoms with Crippen molar-refractivity contribution in [2.45, 2.75) is 70.1 Å². The Balaban J connectivity index is 1.14. The molecular formula is C34H41N5O3. The van der Waals surface area contributed by atoms with Crippen LogP contribution in [0.1, 0.15) is 74.5 Å². The van der Waals surface area contributed by atoms with Gasteiger partial charge in [0.15, 0.2) is 0 Å². The average molecular weight is 568 g/mol. The largest absolute Gasteiger partial charge is 0.490 e. The van der Waals surface area contributed by atoms with Gasteiger partial charge in [-0.05, 0) is 100 Å². The molecule has 3 N–H and O–H groups in total. The Morgan fingerprint density at radius 3 is 2.52 bits per heavy atom. The number of amides is 1. The molecule has 1 saturated carbocycles. The van der Waals surface area contributed by atoms with Crippen molar-refractivity contribution < 1.29 is 14.6 Å². The number of carbonyl (C=O) groups is 1. The summed E-state index contributed by atoms with van der Waals surface area (Å²) in [5.74, 6) is 1.15. The fraction of sp³-hybridized carbons (Fsp3) is 0.441. The van der Waals surface area contributed by atoms with E-state index in [1.165, 1.54) is 12.8 Å². The summed E-state index contributed by atoms with van der Waals surface area (Å²) in [5, 5.41) is 22.0. The van der Waals surface area contributed by atoms with Crippen LogP contribution in [0, 0.1) is 5.92 Å². The lowest BCUT2D eigenvalue weighted by Gasteiger charge is -2.35. The highest BCUT2D eigenvalue weighted by molar-refractivity contribution is 6.01. The Morgan fingerprint density at radius 1 is 1.07 bits per heavy atom. The van der Waals surface area contributed by atoms with Crippen LogP contribution in [0.2, 0.25) is 0 Å². The number of carbonyl (C=O) groups excluding carboxylic acids is 1. The summed E-state index contributed by atoms with van der Waals surface area (Å²) in [5.41, 5.74) is 3.51. The maximum atomic E-state index is 13.5. The van der Waals surface area contributed by atoms with E-state index < -0.39 is 5.60 Å². The van der Waals surface area contributed by atoms with E-state index in [0.29, 0.717) is 18.0 Å². The zero-order chi connectivity index (χ0) is 29.1. The fourth-order valence-electron chi connectivity index (χ4n) is 6.50. The van der Waals surface area contributed by atoms with Crippen molar-refractivity contribution in [3.05, 3.63) is 78.1 Å². The highest BCUT2D eigenvalue weighted by atomic mass is 16.5. The van der Waals surface area contributed by atoms with Crippen molar-refractivity contribution >= 4 is 16.8 Å². The summed E-state index contributed by atoms with van der Waals surface area (Å²) in [7, 11) is 0. The van der Waals surface area contributed by atoms with Crippen LogP contribution < -0.4 is 10.1 Å². The number of nitrogens with zero attached hydrogens (tertiary/aromatic N) is 3. The molecule has 1 saturated heterocycles. The van der Waals surface area contributed by atoms with Gasteiger partial charge < -0.3 is 20.1 Å². The first-order chi connectivity index (χ1) is 20.3. The molecule has 0 radical (unpaired) electrons. The monoisotopic (exact) mass is 567 g/mol. The predicted octanol–water partition coefficient (Wildman–Crippen LogP) is 5.90. The van der Waals surface area contributed by atoms with Crippen LogP contribution in [0.5, 0.6) is 5.75 Å². The number of piperidine rings is 1. The number of pyridine rings is 1. The molecule has 0 spiro atoms. The number of fused-ring (bicyclic) bond motifs is 1. The van der Waals surface area contributed by atoms with E-state index in [0.717, 1.165) is 72.4 Å². The number of hydrogen-bond acceptors (Lipinski definition) is 6. The third kappa shape index (κ3) is 6.66. The van der Waals surface area contributed by atoms with Gasteiger partial charge in [-0.2, -0.15) is 5.10 Å². The molecule has 1 amide bonds. The highest BCUT2D eigenvalue weighted by Gasteiger charge is 2.29. The summed E-state index contributed by atoms with van der Waals surface area (Å²) in [6.07, 6.45) is 8.44. The molecule has 2 aromatic carbocycles. The van der Waals surface area contributed by atoms with Crippen molar-refractivity contribution in [3.8, 4) is 17.0 Å². The van der Waals surface area contributed by atoms with Crippen molar-refractivity contribution in [1.82, 2.24) is 25.4 Å². The minimum absolute atomic E-state index is 0.0936. The third-order valence-corrected chi connectivity index (χ3v) is 8.56. The van der Waals surface area contributed by atoms with Crippen LogP contribution in [-0.2, 0) is 0 Å². The number of benzene rings is 2. The lowest BCUT2D eigenvalue weighted by molar-refractivity contribution is 0.0140. The molecule has 6 rings (SSSR count). The van der Waals surface area contributed by atoms with E-state index in [1.54, 1.807) is 6.20 Å². The first-order valence-electron chi connectivity index (χ1n) is 15.2. The number of aromatic amines is 1. The second-order valence-electron chi connectivity index (χ2n) is 12.5. The highest BCUT2D eigenvalue weighted by Crippen LogP contribution is 2.35. The van der Waals surface area contributed by atoms with Crippen LogP contribution in [0.4, 0.5) is 0 Å². The minimum Gasteiger partial charge on any atom is -0.490 e. The summed E-state index contributed by atoms with van der Waals surface area (Å²) in [4.78, 5) is 20.4. The maximum Gasteiger partial charge on any atom is 0.251 e. The Labute approximate surface area is 247 Å². The number of H-pyrrole nitrogens is 1. The summed E-state index contributed by atoms with van der Waals surface area (Å²) >= 11 is 0. The molecule has 8 heteroatoms. The van der Waals surface area contributed by atoms with Gasteiger partial charge in [0.2, 0.25) is 0 Å². The molecule has 2 aliphatic rings. The second-order valence-corrected chi connectivity index (χ2v) is 12.5. The topological polar surface area (TPSA) is 103 Å². The van der Waals surface area contributed by atoms with E-state index in [2.05, 4.69) is 25.4 Å². The van der Waals surface area contributed by atoms with Gasteiger partial charge in [0.05, 0.1) is 28.5 Å². The van der Waals surface area contributed by atoms with Crippen molar-refractivity contribution in [2.24, 2.45) is 5.92 Å². The Kier molecular flexibility index (Phi) is 8.27. The molecular weight excluding hydrogens is 526 g/mol. The van der Waals surface area contributed by atoms with Gasteiger partial charge in [-0.25, -0.2) is 0 Å². The van der Waals surface area contributed by atoms with E-state index in [1.807, 2.05) is 74.5 Å². The summed E-state index contributed by atoms with van der Waals surface area (Å²) in [6, 6.07) is 19.6. The summed E-state index contributed by atoms with van der Waals surface area (Å²) < 4.78 is 6.28. The Bertz CT molecular complexity index is 1480. The normalized spacial score (nSPS) is 17.9. The van der Waals surface area contributed by atoms with Gasteiger partial charge in [-0.3, -0.25) is 14.9 Å². The second kappa shape index (κ2) is 12.2. The first-order valence-corrected chi connectivity index (χ1v) is 15.2. The van der Waals surface area contributed by atoms with Crippen molar-refractivity contribution in [1.29, 1.82) is 0 Å². The van der Waals surface area contributed by atoms with Crippen LogP contribution in [0.3, 0.4) is 0 Å². The SMILES string of the molecule is CC(C)(O)CN1CCC(Oc2ccc(-c3n[nH]c4ccc(C(=O)NC(c5ccccn5)C5CCCC5)cc34)cc2)CC1. The van der Waals surface area contributed by atoms with Gasteiger partial charge in [-0.15, -0.1) is 0 Å². The van der Waals surface area contributed by atoms with E-state index in [-0.39, 0.29) is 18.1 Å². The number of ether oxygens (including phenoxy) is 1. The molecule has 42 heavy (non-hydrogen) atoms. The smallest absolute Gasteiger partial charge is 0.251 e. The molecule has 1 atom stereocenters. The molecule has 1 unspecified atom stereocenters. The van der Waals surface area contributed by atoms with Gasteiger partial charge in [0, 0.05) is 42.3 Å². The lowest BCUT2D eigenvalue weighted by Crippen LogP contribution is -2.45. The Hall–Kier alpha value is -3.75. The minimum atomic E-state index is -0.679. The first kappa shape index (κ1) is 28.4. The average Bonchev–Trinajstić information content (AvgIpc) is 3.67. The van der Waals surface area contributed by atoms with Gasteiger partial charge in [-0.1, -0.05) is 18.9 Å². The Morgan fingerprint density at radius 2 is 1.83 bits per heavy atom. The van der Waals surface area contributed by atoms with Crippen LogP contribution >= 0.6 is 0 Å². The molecule has 220 valence electrons. The fourth-order valence-corrected chi connectivity index (χ4v) is 6.50. The predicted molar refractivity (Wildman–Crippen MR) is 164 cm³/mol. The number of likely N-dealkylation sites (tertiary alicyclic amines) is 1. The molecule has 0 bridgehead atoms. The molecule has 2 fully saturated rings. The molecule has 4 aromatic rings. The zero-order valence-electron chi connectivity index (χ0n) is 24.6. The quantitative estimate of drug-likeness (QED) is 0.233. The van der Waals surface area contributed by atoms with E-state index >= 15 is 0 Å². The molecule has 3 heterocycles. The third-order valence-electron chi connectivity index (χ3n) is 8.56. The number of hydrogen-bond donors (Lipinski definition) is 3. The lowest BCUT2D eigenvalue weighted by atomic mass is 9.94. The number of aromatic nitrogens is 3. The van der Waals surface area contributed by atoms with Gasteiger partial charge in [0.1, 0.15) is 11.9 Å². The van der Waals surface area contributed by atoms with Crippen LogP contribution in [-0.4, -0.2) is 62.4 Å². The van der Waals surface area contributed by atoms with Crippen molar-refractivity contribution in [2.75, 3.05) is 19.6 Å². The van der Waals surface area contributed by atoms with Gasteiger partial charge >= 0.3 is 0 Å². The molecule has 1 aliphatic heterocycles. The number of rotatable bonds is 9. The van der Waals surface area contributed by atoms with Crippen molar-refractivity contribution in [3.63, 3.8) is 0 Å². The van der Waals surface area contributed by atoms with E-state index in [9.17, 15) is 9.90 Å². The molecule has 2 aromatic heterocycles. The number of β-amino-alcohol motifs (C(OH)–C–C–N with tert-alkyl or cyclic N) is 1. The van der Waals surface area contributed by atoms with E-state index in [4.69, 9.17) is 4.74 Å². The molecule has 1 aliphatic carbocycles. The number of aliphatic hydroxyl groups is 1. The van der Waals surface area contributed by atoms with Crippen LogP contribution in [0.15, 0.2) is 66.9 Å². The number of nitrogens with one attached hydrogen (secondary N) is 2. The van der Waals surface area contributed by atoms with Crippen LogP contribution in [0.25, 0.3) is 22.2 Å². The zero-order valence-corrected chi connectivity index (χ0v) is 24.6. The summed E-state index contributed by atoms with van der Waals surface area (Å²) in [6.45, 7) is 6.23. The molecule has 8 nitrogen and oxygen atoms in total. The standard InChI is InChI=1S/C34H41N5O3/c1-34(2,41)22-39-19-16-27(17-20-39)42-26-13-10-24(11-14-26)31-28-21-25(12-15-29(28)37-38-31)33(40)36-32(23-7-3-4-8-23)30-9-5-6-18-35-30/h5-6,9-15,18,21,23,27,32,41H,3-4,7-8,16-17,19-20,22H2,1-2H3,(H,36,40)(H,37,38). The maximum absolute atomic E-state index is 13.5. The van der Waals surface area contributed by atoms with Gasteiger partial charge in [0.25, 0.3) is 5.91 Å².